The zero-order valence-corrected chi connectivity index (χ0v) is 16.5. The van der Waals surface area contributed by atoms with Crippen LogP contribution >= 0.6 is 0 Å². The van der Waals surface area contributed by atoms with Crippen LogP contribution in [0.5, 0.6) is 11.5 Å². The van der Waals surface area contributed by atoms with Gasteiger partial charge in [0.2, 0.25) is 0 Å². The molecule has 0 aliphatic heterocycles. The maximum atomic E-state index is 12.4. The number of carboxylic acid groups (broad SMARTS) is 1. The number of ether oxygens (including phenoxy) is 1. The van der Waals surface area contributed by atoms with Crippen molar-refractivity contribution in [2.24, 2.45) is 0 Å². The van der Waals surface area contributed by atoms with E-state index in [1.165, 1.54) is 18.2 Å². The standard InChI is InChI=1S/C24H21NO6/c26-21-10-9-14(12-22(21)27)11-20(23(28)29)25-24(30)31-13-19-17-7-3-1-5-15(17)16-6-2-4-8-18(16)19/h1-10,12,19-20,26-27H,11,13H2,(H,25,30)(H,28,29). The summed E-state index contributed by atoms with van der Waals surface area (Å²) in [6.45, 7) is 0.0756. The van der Waals surface area contributed by atoms with Crippen LogP contribution in [-0.2, 0) is 16.0 Å². The molecule has 7 nitrogen and oxygen atoms in total. The Hall–Kier alpha value is -4.00. The highest BCUT2D eigenvalue weighted by molar-refractivity contribution is 5.81. The van der Waals surface area contributed by atoms with Gasteiger partial charge in [0.15, 0.2) is 11.5 Å². The number of alkyl carbamates (subject to hydrolysis) is 1. The van der Waals surface area contributed by atoms with Crippen molar-refractivity contribution in [3.8, 4) is 22.6 Å². The Labute approximate surface area is 178 Å². The molecule has 0 aromatic heterocycles. The van der Waals surface area contributed by atoms with Gasteiger partial charge in [0.25, 0.3) is 0 Å². The van der Waals surface area contributed by atoms with Crippen molar-refractivity contribution >= 4 is 12.1 Å². The first-order chi connectivity index (χ1) is 14.9. The molecular formula is C24H21NO6. The van der Waals surface area contributed by atoms with E-state index in [4.69, 9.17) is 4.74 Å². The van der Waals surface area contributed by atoms with E-state index < -0.39 is 18.1 Å². The van der Waals surface area contributed by atoms with Gasteiger partial charge in [0.1, 0.15) is 12.6 Å². The van der Waals surface area contributed by atoms with Gasteiger partial charge in [-0.2, -0.15) is 0 Å². The number of fused-ring (bicyclic) bond motifs is 3. The first kappa shape index (κ1) is 20.3. The maximum absolute atomic E-state index is 12.4. The molecule has 1 unspecified atom stereocenters. The fourth-order valence-electron chi connectivity index (χ4n) is 3.91. The summed E-state index contributed by atoms with van der Waals surface area (Å²) in [6, 6.07) is 18.6. The van der Waals surface area contributed by atoms with Gasteiger partial charge in [-0.05, 0) is 39.9 Å². The quantitative estimate of drug-likeness (QED) is 0.454. The molecule has 0 saturated heterocycles. The van der Waals surface area contributed by atoms with Crippen LogP contribution in [-0.4, -0.2) is 40.0 Å². The Morgan fingerprint density at radius 2 is 1.52 bits per heavy atom. The summed E-state index contributed by atoms with van der Waals surface area (Å²) in [7, 11) is 0. The molecule has 1 aliphatic carbocycles. The molecule has 0 bridgehead atoms. The van der Waals surface area contributed by atoms with Crippen molar-refractivity contribution in [3.63, 3.8) is 0 Å². The van der Waals surface area contributed by atoms with Crippen molar-refractivity contribution < 1.29 is 29.6 Å². The molecule has 1 aliphatic rings. The largest absolute Gasteiger partial charge is 0.504 e. The number of carbonyl (C=O) groups is 2. The predicted molar refractivity (Wildman–Crippen MR) is 113 cm³/mol. The van der Waals surface area contributed by atoms with Crippen LogP contribution in [0.3, 0.4) is 0 Å². The second-order valence-corrected chi connectivity index (χ2v) is 7.39. The Balaban J connectivity index is 1.43. The molecule has 3 aromatic carbocycles. The number of hydrogen-bond acceptors (Lipinski definition) is 5. The third-order valence-corrected chi connectivity index (χ3v) is 5.41. The van der Waals surface area contributed by atoms with Gasteiger partial charge in [-0.1, -0.05) is 54.6 Å². The summed E-state index contributed by atoms with van der Waals surface area (Å²) < 4.78 is 5.40. The van der Waals surface area contributed by atoms with E-state index in [-0.39, 0.29) is 30.4 Å². The van der Waals surface area contributed by atoms with Gasteiger partial charge in [-0.3, -0.25) is 0 Å². The molecule has 4 rings (SSSR count). The number of amides is 1. The molecule has 0 saturated carbocycles. The minimum absolute atomic E-state index is 0.0756. The monoisotopic (exact) mass is 419 g/mol. The smallest absolute Gasteiger partial charge is 0.407 e. The summed E-state index contributed by atoms with van der Waals surface area (Å²) >= 11 is 0. The molecule has 0 spiro atoms. The highest BCUT2D eigenvalue weighted by Crippen LogP contribution is 2.44. The maximum Gasteiger partial charge on any atom is 0.407 e. The van der Waals surface area contributed by atoms with E-state index >= 15 is 0 Å². The van der Waals surface area contributed by atoms with Crippen LogP contribution in [0, 0.1) is 0 Å². The van der Waals surface area contributed by atoms with E-state index in [2.05, 4.69) is 5.32 Å². The molecule has 0 radical (unpaired) electrons. The minimum Gasteiger partial charge on any atom is -0.504 e. The van der Waals surface area contributed by atoms with E-state index in [9.17, 15) is 24.9 Å². The molecular weight excluding hydrogens is 398 g/mol. The van der Waals surface area contributed by atoms with Crippen LogP contribution in [0.1, 0.15) is 22.6 Å². The molecule has 4 N–H and O–H groups in total. The van der Waals surface area contributed by atoms with Crippen LogP contribution in [0.25, 0.3) is 11.1 Å². The zero-order chi connectivity index (χ0) is 22.0. The van der Waals surface area contributed by atoms with Crippen molar-refractivity contribution in [3.05, 3.63) is 83.4 Å². The number of aromatic hydroxyl groups is 2. The average Bonchev–Trinajstić information content (AvgIpc) is 3.08. The van der Waals surface area contributed by atoms with Crippen molar-refractivity contribution in [2.45, 2.75) is 18.4 Å². The molecule has 0 fully saturated rings. The Kier molecular flexibility index (Phi) is 5.49. The van der Waals surface area contributed by atoms with Crippen LogP contribution in [0.15, 0.2) is 66.7 Å². The number of phenolic OH excluding ortho intramolecular Hbond substituents is 2. The molecule has 1 amide bonds. The summed E-state index contributed by atoms with van der Waals surface area (Å²) in [5.41, 5.74) is 4.77. The lowest BCUT2D eigenvalue weighted by molar-refractivity contribution is -0.139. The lowest BCUT2D eigenvalue weighted by Crippen LogP contribution is -2.42. The van der Waals surface area contributed by atoms with E-state index in [0.717, 1.165) is 22.3 Å². The summed E-state index contributed by atoms with van der Waals surface area (Å²) in [5.74, 6) is -2.03. The Morgan fingerprint density at radius 3 is 2.10 bits per heavy atom. The van der Waals surface area contributed by atoms with E-state index in [0.29, 0.717) is 5.56 Å². The number of benzene rings is 3. The zero-order valence-electron chi connectivity index (χ0n) is 16.5. The number of rotatable bonds is 6. The number of aliphatic carboxylic acids is 1. The predicted octanol–water partition coefficient (Wildman–Crippen LogP) is 3.63. The fourth-order valence-corrected chi connectivity index (χ4v) is 3.91. The molecule has 3 aromatic rings. The number of carbonyl (C=O) groups excluding carboxylic acids is 1. The SMILES string of the molecule is O=C(NC(Cc1ccc(O)c(O)c1)C(=O)O)OCC1c2ccccc2-c2ccccc21. The Bertz CT molecular complexity index is 1100. The third kappa shape index (κ3) is 4.16. The lowest BCUT2D eigenvalue weighted by Gasteiger charge is -2.17. The van der Waals surface area contributed by atoms with Crippen LogP contribution < -0.4 is 5.32 Å². The van der Waals surface area contributed by atoms with Gasteiger partial charge in [-0.25, -0.2) is 9.59 Å². The van der Waals surface area contributed by atoms with Gasteiger partial charge in [-0.15, -0.1) is 0 Å². The van der Waals surface area contributed by atoms with Gasteiger partial charge in [0.05, 0.1) is 0 Å². The van der Waals surface area contributed by atoms with Crippen molar-refractivity contribution in [2.75, 3.05) is 6.61 Å². The van der Waals surface area contributed by atoms with E-state index in [1.807, 2.05) is 48.5 Å². The number of nitrogens with one attached hydrogen (secondary N) is 1. The van der Waals surface area contributed by atoms with Crippen LogP contribution in [0.2, 0.25) is 0 Å². The molecule has 1 atom stereocenters. The number of phenols is 2. The third-order valence-electron chi connectivity index (χ3n) is 5.41. The minimum atomic E-state index is -1.25. The van der Waals surface area contributed by atoms with Gasteiger partial charge in [0, 0.05) is 12.3 Å². The fraction of sp³-hybridized carbons (Fsp3) is 0.167. The van der Waals surface area contributed by atoms with Crippen molar-refractivity contribution in [1.82, 2.24) is 5.32 Å². The first-order valence-electron chi connectivity index (χ1n) is 9.79. The first-order valence-corrected chi connectivity index (χ1v) is 9.79. The molecule has 158 valence electrons. The van der Waals surface area contributed by atoms with Gasteiger partial charge < -0.3 is 25.4 Å². The molecule has 31 heavy (non-hydrogen) atoms. The normalized spacial score (nSPS) is 13.2. The lowest BCUT2D eigenvalue weighted by atomic mass is 9.98. The van der Waals surface area contributed by atoms with Gasteiger partial charge >= 0.3 is 12.1 Å². The highest BCUT2D eigenvalue weighted by atomic mass is 16.5. The molecule has 0 heterocycles. The second-order valence-electron chi connectivity index (χ2n) is 7.39. The molecule has 7 heteroatoms. The number of carboxylic acids is 1. The average molecular weight is 419 g/mol. The summed E-state index contributed by atoms with van der Waals surface area (Å²) in [4.78, 5) is 24.0. The number of hydrogen-bond donors (Lipinski definition) is 4. The second kappa shape index (κ2) is 8.39. The Morgan fingerprint density at radius 1 is 0.903 bits per heavy atom. The summed E-state index contributed by atoms with van der Waals surface area (Å²) in [6.07, 6.45) is -0.912. The highest BCUT2D eigenvalue weighted by Gasteiger charge is 2.29. The van der Waals surface area contributed by atoms with Crippen LogP contribution in [0.4, 0.5) is 4.79 Å². The van der Waals surface area contributed by atoms with E-state index in [1.54, 1.807) is 0 Å². The van der Waals surface area contributed by atoms with Crippen molar-refractivity contribution in [1.29, 1.82) is 0 Å². The topological polar surface area (TPSA) is 116 Å². The summed E-state index contributed by atoms with van der Waals surface area (Å²) in [5, 5.41) is 30.8.